The third-order valence-electron chi connectivity index (χ3n) is 3.33. The minimum absolute atomic E-state index is 0.120. The van der Waals surface area contributed by atoms with Gasteiger partial charge in [0.15, 0.2) is 11.2 Å². The fourth-order valence-corrected chi connectivity index (χ4v) is 2.27. The van der Waals surface area contributed by atoms with E-state index in [9.17, 15) is 0 Å². The molecule has 6 nitrogen and oxygen atoms in total. The molecule has 25 heavy (non-hydrogen) atoms. The summed E-state index contributed by atoms with van der Waals surface area (Å²) in [7, 11) is 0. The molecule has 7 heteroatoms. The Morgan fingerprint density at radius 3 is 2.36 bits per heavy atom. The largest absolute Gasteiger partial charge is 0.436 e. The van der Waals surface area contributed by atoms with E-state index in [1.54, 1.807) is 60.7 Å². The van der Waals surface area contributed by atoms with Crippen molar-refractivity contribution in [2.24, 2.45) is 0 Å². The lowest BCUT2D eigenvalue weighted by Crippen LogP contribution is -2.00. The number of halogens is 1. The number of fused-ring (bicyclic) bond motifs is 1. The molecular formula is C18H8ClN5O. The second kappa shape index (κ2) is 6.76. The van der Waals surface area contributed by atoms with Gasteiger partial charge in [0, 0.05) is 16.3 Å². The predicted molar refractivity (Wildman–Crippen MR) is 91.9 cm³/mol. The summed E-state index contributed by atoms with van der Waals surface area (Å²) in [5.41, 5.74) is 2.03. The molecule has 1 N–H and O–H groups in total. The highest BCUT2D eigenvalue weighted by molar-refractivity contribution is 6.30. The number of hydrogen-bond acceptors (Lipinski definition) is 6. The van der Waals surface area contributed by atoms with Gasteiger partial charge in [0.2, 0.25) is 5.89 Å². The van der Waals surface area contributed by atoms with Crippen LogP contribution in [0.25, 0.3) is 22.6 Å². The maximum Gasteiger partial charge on any atom is 0.227 e. The summed E-state index contributed by atoms with van der Waals surface area (Å²) >= 11 is 5.87. The van der Waals surface area contributed by atoms with Gasteiger partial charge in [-0.15, -0.1) is 0 Å². The average Bonchev–Trinajstić information content (AvgIpc) is 3.05. The Morgan fingerprint density at radius 1 is 1.00 bits per heavy atom. The van der Waals surface area contributed by atoms with Crippen molar-refractivity contribution in [1.82, 2.24) is 4.98 Å². The van der Waals surface area contributed by atoms with E-state index in [2.05, 4.69) is 10.3 Å². The number of aromatic nitrogens is 1. The Bertz CT molecular complexity index is 1090. The number of allylic oxidation sites excluding steroid dienone is 2. The topological polar surface area (TPSA) is 109 Å². The number of anilines is 1. The molecule has 0 saturated carbocycles. The maximum absolute atomic E-state index is 9.09. The summed E-state index contributed by atoms with van der Waals surface area (Å²) in [5.74, 6) is 0.439. The normalized spacial score (nSPS) is 9.68. The van der Waals surface area contributed by atoms with E-state index in [1.165, 1.54) is 0 Å². The minimum Gasteiger partial charge on any atom is -0.436 e. The van der Waals surface area contributed by atoms with Gasteiger partial charge in [-0.05, 0) is 42.5 Å². The first kappa shape index (κ1) is 16.1. The molecule has 0 spiro atoms. The maximum atomic E-state index is 9.09. The molecule has 1 heterocycles. The van der Waals surface area contributed by atoms with Crippen molar-refractivity contribution in [3.63, 3.8) is 0 Å². The molecule has 118 valence electrons. The van der Waals surface area contributed by atoms with E-state index in [0.29, 0.717) is 27.7 Å². The molecule has 0 unspecified atom stereocenters. The lowest BCUT2D eigenvalue weighted by atomic mass is 10.2. The first-order valence-electron chi connectivity index (χ1n) is 7.02. The van der Waals surface area contributed by atoms with Crippen molar-refractivity contribution in [2.45, 2.75) is 0 Å². The third-order valence-corrected chi connectivity index (χ3v) is 3.59. The van der Waals surface area contributed by atoms with Crippen LogP contribution in [-0.4, -0.2) is 4.98 Å². The molecule has 0 fully saturated rings. The van der Waals surface area contributed by atoms with Crippen molar-refractivity contribution in [3.05, 3.63) is 58.8 Å². The van der Waals surface area contributed by atoms with Crippen LogP contribution in [0.3, 0.4) is 0 Å². The smallest absolute Gasteiger partial charge is 0.227 e. The highest BCUT2D eigenvalue weighted by atomic mass is 35.5. The Balaban J connectivity index is 1.98. The third kappa shape index (κ3) is 3.28. The Labute approximate surface area is 147 Å². The second-order valence-electron chi connectivity index (χ2n) is 4.92. The molecule has 2 aromatic carbocycles. The van der Waals surface area contributed by atoms with Gasteiger partial charge >= 0.3 is 0 Å². The van der Waals surface area contributed by atoms with Gasteiger partial charge < -0.3 is 9.73 Å². The average molecular weight is 346 g/mol. The van der Waals surface area contributed by atoms with Gasteiger partial charge in [-0.25, -0.2) is 4.98 Å². The molecule has 0 atom stereocenters. The zero-order chi connectivity index (χ0) is 17.8. The fraction of sp³-hybridized carbons (Fsp3) is 0. The van der Waals surface area contributed by atoms with Gasteiger partial charge in [0.25, 0.3) is 0 Å². The van der Waals surface area contributed by atoms with E-state index in [4.69, 9.17) is 31.8 Å². The van der Waals surface area contributed by atoms with Crippen molar-refractivity contribution in [2.75, 3.05) is 5.32 Å². The Kier molecular flexibility index (Phi) is 4.35. The summed E-state index contributed by atoms with van der Waals surface area (Å²) in [6.07, 6.45) is 0. The molecule has 0 aliphatic heterocycles. The SMILES string of the molecule is N#CC(C#N)=C(C#N)Nc1ccc2oc(-c3ccc(Cl)cc3)nc2c1. The van der Waals surface area contributed by atoms with Gasteiger partial charge in [0.05, 0.1) is 0 Å². The van der Waals surface area contributed by atoms with Crippen LogP contribution in [-0.2, 0) is 0 Å². The Hall–Kier alpha value is -3.79. The molecule has 0 aliphatic rings. The number of nitrogens with zero attached hydrogens (tertiary/aromatic N) is 4. The second-order valence-corrected chi connectivity index (χ2v) is 5.36. The van der Waals surface area contributed by atoms with Crippen LogP contribution >= 0.6 is 11.6 Å². The van der Waals surface area contributed by atoms with Crippen molar-refractivity contribution < 1.29 is 4.42 Å². The standard InChI is InChI=1S/C18H8ClN5O/c19-13-3-1-11(2-4-13)18-24-15-7-14(5-6-17(15)25-18)23-16(10-22)12(8-20)9-21/h1-7,23H. The number of benzene rings is 2. The first-order chi connectivity index (χ1) is 12.1. The monoisotopic (exact) mass is 345 g/mol. The van der Waals surface area contributed by atoms with Crippen molar-refractivity contribution in [1.29, 1.82) is 15.8 Å². The van der Waals surface area contributed by atoms with Gasteiger partial charge in [-0.1, -0.05) is 11.6 Å². The van der Waals surface area contributed by atoms with Crippen LogP contribution in [0.4, 0.5) is 5.69 Å². The molecule has 3 aromatic rings. The van der Waals surface area contributed by atoms with Crippen LogP contribution in [0.5, 0.6) is 0 Å². The van der Waals surface area contributed by atoms with Crippen LogP contribution in [0, 0.1) is 34.0 Å². The van der Waals surface area contributed by atoms with Gasteiger partial charge in [-0.2, -0.15) is 15.8 Å². The summed E-state index contributed by atoms with van der Waals surface area (Å²) in [6, 6.07) is 17.3. The van der Waals surface area contributed by atoms with Crippen molar-refractivity contribution >= 4 is 28.4 Å². The molecular weight excluding hydrogens is 338 g/mol. The zero-order valence-corrected chi connectivity index (χ0v) is 13.4. The van der Waals surface area contributed by atoms with Crippen LogP contribution < -0.4 is 5.32 Å². The van der Waals surface area contributed by atoms with E-state index < -0.39 is 0 Å². The lowest BCUT2D eigenvalue weighted by molar-refractivity contribution is 0.620. The molecule has 3 rings (SSSR count). The minimum atomic E-state index is -0.287. The molecule has 0 radical (unpaired) electrons. The van der Waals surface area contributed by atoms with Crippen LogP contribution in [0.1, 0.15) is 0 Å². The summed E-state index contributed by atoms with van der Waals surface area (Å²) in [6.45, 7) is 0. The molecule has 0 bridgehead atoms. The number of rotatable bonds is 3. The summed E-state index contributed by atoms with van der Waals surface area (Å²) in [4.78, 5) is 4.41. The number of nitrogens with one attached hydrogen (secondary N) is 1. The van der Waals surface area contributed by atoms with E-state index in [-0.39, 0.29) is 11.3 Å². The first-order valence-corrected chi connectivity index (χ1v) is 7.40. The van der Waals surface area contributed by atoms with Crippen LogP contribution in [0.15, 0.2) is 58.2 Å². The number of hydrogen-bond donors (Lipinski definition) is 1. The zero-order valence-electron chi connectivity index (χ0n) is 12.6. The summed E-state index contributed by atoms with van der Waals surface area (Å²) in [5, 5.41) is 30.2. The molecule has 0 saturated heterocycles. The molecule has 0 amide bonds. The fourth-order valence-electron chi connectivity index (χ4n) is 2.15. The van der Waals surface area contributed by atoms with E-state index in [0.717, 1.165) is 5.56 Å². The molecule has 0 aliphatic carbocycles. The van der Waals surface area contributed by atoms with Gasteiger partial charge in [-0.3, -0.25) is 0 Å². The highest BCUT2D eigenvalue weighted by Gasteiger charge is 2.11. The molecule has 1 aromatic heterocycles. The van der Waals surface area contributed by atoms with E-state index >= 15 is 0 Å². The quantitative estimate of drug-likeness (QED) is 0.705. The lowest BCUT2D eigenvalue weighted by Gasteiger charge is -2.03. The van der Waals surface area contributed by atoms with E-state index in [1.807, 2.05) is 0 Å². The predicted octanol–water partition coefficient (Wildman–Crippen LogP) is 4.38. The van der Waals surface area contributed by atoms with Crippen LogP contribution in [0.2, 0.25) is 5.02 Å². The highest BCUT2D eigenvalue weighted by Crippen LogP contribution is 2.27. The number of oxazole rings is 1. The van der Waals surface area contributed by atoms with Gasteiger partial charge in [0.1, 0.15) is 29.4 Å². The summed E-state index contributed by atoms with van der Waals surface area (Å²) < 4.78 is 5.71. The van der Waals surface area contributed by atoms with Crippen molar-refractivity contribution in [3.8, 4) is 29.7 Å². The Morgan fingerprint density at radius 2 is 1.72 bits per heavy atom. The number of nitriles is 3.